The second-order valence-corrected chi connectivity index (χ2v) is 12.7. The number of rotatable bonds is 9. The molecule has 0 heterocycles. The van der Waals surface area contributed by atoms with Crippen LogP contribution in [0.4, 0.5) is 0 Å². The predicted octanol–water partition coefficient (Wildman–Crippen LogP) is 6.95. The molecule has 0 aliphatic heterocycles. The van der Waals surface area contributed by atoms with Crippen LogP contribution < -0.4 is 14.2 Å². The molecule has 0 amide bonds. The minimum atomic E-state index is -0.393. The van der Waals surface area contributed by atoms with Crippen LogP contribution in [-0.2, 0) is 42.2 Å². The molecule has 9 nitrogen and oxygen atoms in total. The molecule has 51 heavy (non-hydrogen) atoms. The summed E-state index contributed by atoms with van der Waals surface area (Å²) >= 11 is 0. The lowest BCUT2D eigenvalue weighted by Gasteiger charge is -2.18. The van der Waals surface area contributed by atoms with Crippen LogP contribution in [0.15, 0.2) is 72.8 Å². The summed E-state index contributed by atoms with van der Waals surface area (Å²) in [6.07, 6.45) is 4.91. The standard InChI is InChI=1S/C22H24O5.C20H22O4/c1-14(25)27-22-19-9-6-15(12-23)10-16(19)4-3-5-20(22)21-11-18(26-2)8-7-17(21)13-24;1-23-15-7-9-19(24-2)18(11-15)17-5-3-4-14-10-13(12-21)6-8-16(14)20(17)22/h6-11,23-24H,3-5,12-13H2,1-2H3;6-11,17,21H,3-5,12H2,1-2H3. The van der Waals surface area contributed by atoms with Crippen molar-refractivity contribution in [1.82, 2.24) is 0 Å². The van der Waals surface area contributed by atoms with E-state index in [1.807, 2.05) is 66.7 Å². The van der Waals surface area contributed by atoms with Gasteiger partial charge >= 0.3 is 5.97 Å². The number of aliphatic hydroxyl groups is 3. The third-order valence-electron chi connectivity index (χ3n) is 9.49. The molecule has 2 aliphatic rings. The van der Waals surface area contributed by atoms with E-state index in [1.54, 1.807) is 27.4 Å². The minimum Gasteiger partial charge on any atom is -0.497 e. The molecule has 0 aromatic heterocycles. The zero-order chi connectivity index (χ0) is 36.5. The summed E-state index contributed by atoms with van der Waals surface area (Å²) in [7, 11) is 4.83. The van der Waals surface area contributed by atoms with E-state index in [0.717, 1.165) is 93.5 Å². The lowest BCUT2D eigenvalue weighted by Crippen LogP contribution is -2.13. The van der Waals surface area contributed by atoms with Gasteiger partial charge in [0.25, 0.3) is 0 Å². The van der Waals surface area contributed by atoms with E-state index in [1.165, 1.54) is 6.92 Å². The maximum atomic E-state index is 13.1. The van der Waals surface area contributed by atoms with Crippen molar-refractivity contribution in [3.8, 4) is 17.2 Å². The van der Waals surface area contributed by atoms with Crippen molar-refractivity contribution in [1.29, 1.82) is 0 Å². The van der Waals surface area contributed by atoms with Gasteiger partial charge in [-0.25, -0.2) is 0 Å². The first-order valence-electron chi connectivity index (χ1n) is 17.2. The summed E-state index contributed by atoms with van der Waals surface area (Å²) in [6.45, 7) is 1.23. The van der Waals surface area contributed by atoms with Gasteiger partial charge in [-0.1, -0.05) is 42.5 Å². The van der Waals surface area contributed by atoms with Gasteiger partial charge in [-0.05, 0) is 102 Å². The van der Waals surface area contributed by atoms with Crippen LogP contribution in [-0.4, -0.2) is 48.4 Å². The number of ether oxygens (including phenoxy) is 4. The average molecular weight is 695 g/mol. The molecule has 1 atom stereocenters. The Morgan fingerprint density at radius 1 is 0.686 bits per heavy atom. The summed E-state index contributed by atoms with van der Waals surface area (Å²) in [5.74, 6) is 2.10. The fraction of sp³-hybridized carbons (Fsp3) is 0.333. The zero-order valence-electron chi connectivity index (χ0n) is 29.7. The van der Waals surface area contributed by atoms with Gasteiger partial charge in [0.2, 0.25) is 0 Å². The van der Waals surface area contributed by atoms with Crippen molar-refractivity contribution in [3.05, 3.63) is 123 Å². The number of benzene rings is 4. The van der Waals surface area contributed by atoms with Crippen molar-refractivity contribution < 1.29 is 43.9 Å². The van der Waals surface area contributed by atoms with E-state index in [4.69, 9.17) is 18.9 Å². The number of fused-ring (bicyclic) bond motifs is 2. The lowest BCUT2D eigenvalue weighted by molar-refractivity contribution is -0.134. The summed E-state index contributed by atoms with van der Waals surface area (Å²) < 4.78 is 21.8. The quantitative estimate of drug-likeness (QED) is 0.126. The van der Waals surface area contributed by atoms with E-state index in [9.17, 15) is 24.9 Å². The Bertz CT molecular complexity index is 1910. The van der Waals surface area contributed by atoms with Gasteiger partial charge in [0.05, 0.1) is 47.1 Å². The van der Waals surface area contributed by atoms with Gasteiger partial charge in [-0.15, -0.1) is 0 Å². The highest BCUT2D eigenvalue weighted by Gasteiger charge is 2.29. The summed E-state index contributed by atoms with van der Waals surface area (Å²) in [4.78, 5) is 25.0. The molecular weight excluding hydrogens is 648 g/mol. The van der Waals surface area contributed by atoms with Crippen molar-refractivity contribution in [2.45, 2.75) is 71.2 Å². The highest BCUT2D eigenvalue weighted by molar-refractivity contribution is 6.03. The van der Waals surface area contributed by atoms with Crippen LogP contribution in [0.25, 0.3) is 11.3 Å². The van der Waals surface area contributed by atoms with Crippen molar-refractivity contribution in [2.75, 3.05) is 21.3 Å². The molecule has 4 aromatic rings. The van der Waals surface area contributed by atoms with Crippen molar-refractivity contribution >= 4 is 23.1 Å². The summed E-state index contributed by atoms with van der Waals surface area (Å²) in [5.41, 5.74) is 8.68. The van der Waals surface area contributed by atoms with E-state index >= 15 is 0 Å². The SMILES string of the molecule is COc1ccc(CO)c(C2=C(OC(C)=O)c3ccc(CO)cc3CCC2)c1.COc1ccc(OC)c(C2CCCc3cc(CO)ccc3C2=O)c1. The predicted molar refractivity (Wildman–Crippen MR) is 195 cm³/mol. The monoisotopic (exact) mass is 694 g/mol. The molecule has 2 aliphatic carbocycles. The number of ketones is 1. The number of esters is 1. The minimum absolute atomic E-state index is 0.00535. The summed E-state index contributed by atoms with van der Waals surface area (Å²) in [6, 6.07) is 22.4. The van der Waals surface area contributed by atoms with Crippen LogP contribution >= 0.6 is 0 Å². The Morgan fingerprint density at radius 2 is 1.31 bits per heavy atom. The number of methoxy groups -OCH3 is 3. The van der Waals surface area contributed by atoms with Crippen LogP contribution in [0.3, 0.4) is 0 Å². The maximum absolute atomic E-state index is 13.1. The smallest absolute Gasteiger partial charge is 0.308 e. The van der Waals surface area contributed by atoms with Crippen LogP contribution in [0.1, 0.15) is 93.4 Å². The number of Topliss-reactive ketones (excluding diaryl/α,β-unsaturated/α-hetero) is 1. The second-order valence-electron chi connectivity index (χ2n) is 12.7. The van der Waals surface area contributed by atoms with Crippen LogP contribution in [0.2, 0.25) is 0 Å². The lowest BCUT2D eigenvalue weighted by atomic mass is 9.87. The molecule has 0 spiro atoms. The molecule has 3 N–H and O–H groups in total. The number of carbonyl (C=O) groups excluding carboxylic acids is 2. The molecule has 6 rings (SSSR count). The van der Waals surface area contributed by atoms with E-state index in [-0.39, 0.29) is 31.5 Å². The Labute approximate surface area is 299 Å². The fourth-order valence-electron chi connectivity index (χ4n) is 6.94. The molecule has 0 radical (unpaired) electrons. The Hall–Kier alpha value is -4.96. The number of aliphatic hydroxyl groups excluding tert-OH is 3. The molecule has 0 bridgehead atoms. The largest absolute Gasteiger partial charge is 0.497 e. The number of allylic oxidation sites excluding steroid dienone is 1. The molecule has 0 fully saturated rings. The normalized spacial score (nSPS) is 15.4. The number of hydrogen-bond acceptors (Lipinski definition) is 9. The van der Waals surface area contributed by atoms with Crippen LogP contribution in [0.5, 0.6) is 17.2 Å². The van der Waals surface area contributed by atoms with E-state index in [0.29, 0.717) is 23.7 Å². The molecule has 268 valence electrons. The van der Waals surface area contributed by atoms with Gasteiger partial charge < -0.3 is 34.3 Å². The first-order chi connectivity index (χ1) is 24.7. The van der Waals surface area contributed by atoms with Gasteiger partial charge in [0, 0.05) is 29.2 Å². The highest BCUT2D eigenvalue weighted by atomic mass is 16.5. The zero-order valence-corrected chi connectivity index (χ0v) is 29.7. The average Bonchev–Trinajstić information content (AvgIpc) is 3.44. The number of carbonyl (C=O) groups is 2. The van der Waals surface area contributed by atoms with Crippen molar-refractivity contribution in [3.63, 3.8) is 0 Å². The first-order valence-corrected chi connectivity index (χ1v) is 17.2. The maximum Gasteiger partial charge on any atom is 0.308 e. The molecule has 0 saturated heterocycles. The Balaban J connectivity index is 0.000000199. The Kier molecular flexibility index (Phi) is 12.7. The van der Waals surface area contributed by atoms with Gasteiger partial charge in [-0.2, -0.15) is 0 Å². The second kappa shape index (κ2) is 17.3. The third kappa shape index (κ3) is 8.51. The highest BCUT2D eigenvalue weighted by Crippen LogP contribution is 2.40. The molecular formula is C42H46O9. The van der Waals surface area contributed by atoms with E-state index < -0.39 is 5.97 Å². The summed E-state index contributed by atoms with van der Waals surface area (Å²) in [5, 5.41) is 28.6. The molecule has 0 saturated carbocycles. The topological polar surface area (TPSA) is 132 Å². The third-order valence-corrected chi connectivity index (χ3v) is 9.49. The Morgan fingerprint density at radius 3 is 1.94 bits per heavy atom. The van der Waals surface area contributed by atoms with E-state index in [2.05, 4.69) is 0 Å². The molecule has 4 aromatic carbocycles. The van der Waals surface area contributed by atoms with Gasteiger partial charge in [0.15, 0.2) is 5.78 Å². The van der Waals surface area contributed by atoms with Crippen LogP contribution in [0, 0.1) is 0 Å². The number of hydrogen-bond donors (Lipinski definition) is 3. The van der Waals surface area contributed by atoms with Gasteiger partial charge in [0.1, 0.15) is 23.0 Å². The number of aryl methyl sites for hydroxylation is 2. The van der Waals surface area contributed by atoms with Crippen molar-refractivity contribution in [2.24, 2.45) is 0 Å². The molecule has 1 unspecified atom stereocenters. The van der Waals surface area contributed by atoms with Gasteiger partial charge in [-0.3, -0.25) is 9.59 Å². The molecule has 9 heteroatoms. The fourth-order valence-corrected chi connectivity index (χ4v) is 6.94. The first kappa shape index (κ1) is 37.3.